The van der Waals surface area contributed by atoms with E-state index in [1.807, 2.05) is 24.3 Å². The van der Waals surface area contributed by atoms with Crippen molar-refractivity contribution in [3.8, 4) is 11.5 Å². The molecule has 166 valence electrons. The maximum Gasteiger partial charge on any atom is 0.244 e. The van der Waals surface area contributed by atoms with Crippen molar-refractivity contribution < 1.29 is 22.7 Å². The third-order valence-electron chi connectivity index (χ3n) is 5.53. The van der Waals surface area contributed by atoms with E-state index in [0.717, 1.165) is 11.4 Å². The van der Waals surface area contributed by atoms with Crippen LogP contribution in [0.5, 0.6) is 11.5 Å². The summed E-state index contributed by atoms with van der Waals surface area (Å²) in [5.74, 6) is 0.956. The van der Waals surface area contributed by atoms with Crippen LogP contribution in [0.15, 0.2) is 41.3 Å². The molecule has 0 spiro atoms. The van der Waals surface area contributed by atoms with Gasteiger partial charge < -0.3 is 19.3 Å². The summed E-state index contributed by atoms with van der Waals surface area (Å²) in [6.07, 6.45) is 0. The maximum absolute atomic E-state index is 13.3. The van der Waals surface area contributed by atoms with Crippen molar-refractivity contribution in [2.24, 2.45) is 0 Å². The Labute approximate surface area is 186 Å². The molecular weight excluding hydrogens is 442 g/mol. The Morgan fingerprint density at radius 2 is 1.84 bits per heavy atom. The van der Waals surface area contributed by atoms with E-state index in [4.69, 9.17) is 21.1 Å². The minimum absolute atomic E-state index is 0.00634. The molecule has 10 heteroatoms. The Balaban J connectivity index is 1.55. The molecule has 0 aliphatic carbocycles. The number of piperazine rings is 1. The number of hydrogen-bond acceptors (Lipinski definition) is 6. The summed E-state index contributed by atoms with van der Waals surface area (Å²) < 4.78 is 39.0. The molecule has 8 nitrogen and oxygen atoms in total. The number of carbonyl (C=O) groups excluding carboxylic acids is 1. The lowest BCUT2D eigenvalue weighted by Crippen LogP contribution is -2.48. The zero-order chi connectivity index (χ0) is 22.2. The van der Waals surface area contributed by atoms with Gasteiger partial charge in [0.05, 0.1) is 24.4 Å². The first-order chi connectivity index (χ1) is 14.8. The second-order valence-electron chi connectivity index (χ2n) is 7.36. The third-order valence-corrected chi connectivity index (χ3v) is 7.90. The molecule has 0 saturated carbocycles. The summed E-state index contributed by atoms with van der Waals surface area (Å²) in [5.41, 5.74) is 1.48. The van der Waals surface area contributed by atoms with E-state index < -0.39 is 10.0 Å². The molecule has 2 heterocycles. The van der Waals surface area contributed by atoms with Gasteiger partial charge in [-0.1, -0.05) is 17.7 Å². The average molecular weight is 466 g/mol. The number of carbonyl (C=O) groups is 1. The predicted octanol–water partition coefficient (Wildman–Crippen LogP) is 2.60. The van der Waals surface area contributed by atoms with Gasteiger partial charge >= 0.3 is 0 Å². The van der Waals surface area contributed by atoms with Gasteiger partial charge in [-0.05, 0) is 18.2 Å². The number of sulfonamides is 1. The number of fused-ring (bicyclic) bond motifs is 1. The lowest BCUT2D eigenvalue weighted by molar-refractivity contribution is -0.116. The van der Waals surface area contributed by atoms with Gasteiger partial charge in [-0.15, -0.1) is 0 Å². The molecule has 0 radical (unpaired) electrons. The normalized spacial score (nSPS) is 17.1. The Bertz CT molecular complexity index is 1100. The van der Waals surface area contributed by atoms with E-state index in [1.165, 1.54) is 28.3 Å². The van der Waals surface area contributed by atoms with Crippen LogP contribution >= 0.6 is 11.6 Å². The van der Waals surface area contributed by atoms with Gasteiger partial charge in [0.15, 0.2) is 0 Å². The van der Waals surface area contributed by atoms with E-state index in [9.17, 15) is 13.2 Å². The number of halogens is 1. The second-order valence-corrected chi connectivity index (χ2v) is 9.68. The summed E-state index contributed by atoms with van der Waals surface area (Å²) in [7, 11) is -2.20. The molecule has 0 unspecified atom stereocenters. The summed E-state index contributed by atoms with van der Waals surface area (Å²) in [6, 6.07) is 10.6. The number of amides is 1. The highest BCUT2D eigenvalue weighted by molar-refractivity contribution is 7.89. The van der Waals surface area contributed by atoms with Crippen molar-refractivity contribution in [2.45, 2.75) is 11.8 Å². The van der Waals surface area contributed by atoms with Crippen LogP contribution in [0.1, 0.15) is 6.92 Å². The lowest BCUT2D eigenvalue weighted by atomic mass is 10.2. The Kier molecular flexibility index (Phi) is 6.00. The van der Waals surface area contributed by atoms with Crippen LogP contribution in [0.4, 0.5) is 11.4 Å². The number of methoxy groups -OCH3 is 1. The molecule has 0 aromatic heterocycles. The van der Waals surface area contributed by atoms with Crippen molar-refractivity contribution in [1.82, 2.24) is 4.31 Å². The quantitative estimate of drug-likeness (QED) is 0.690. The molecule has 1 saturated heterocycles. The van der Waals surface area contributed by atoms with Crippen LogP contribution in [-0.4, -0.2) is 65.1 Å². The molecule has 2 aromatic rings. The highest BCUT2D eigenvalue weighted by atomic mass is 35.5. The van der Waals surface area contributed by atoms with E-state index >= 15 is 0 Å². The van der Waals surface area contributed by atoms with Crippen LogP contribution in [0.25, 0.3) is 0 Å². The Morgan fingerprint density at radius 3 is 2.52 bits per heavy atom. The van der Waals surface area contributed by atoms with Crippen molar-refractivity contribution in [1.29, 1.82) is 0 Å². The Morgan fingerprint density at radius 1 is 1.10 bits per heavy atom. The van der Waals surface area contributed by atoms with Crippen LogP contribution in [0.2, 0.25) is 5.02 Å². The monoisotopic (exact) mass is 465 g/mol. The largest absolute Gasteiger partial charge is 0.497 e. The van der Waals surface area contributed by atoms with Crippen molar-refractivity contribution in [2.75, 3.05) is 56.2 Å². The molecule has 2 aromatic carbocycles. The van der Waals surface area contributed by atoms with E-state index in [-0.39, 0.29) is 15.8 Å². The van der Waals surface area contributed by atoms with Gasteiger partial charge in [-0.25, -0.2) is 8.42 Å². The topological polar surface area (TPSA) is 79.4 Å². The first-order valence-electron chi connectivity index (χ1n) is 9.95. The van der Waals surface area contributed by atoms with Crippen LogP contribution in [-0.2, 0) is 14.8 Å². The summed E-state index contributed by atoms with van der Waals surface area (Å²) >= 11 is 6.37. The highest BCUT2D eigenvalue weighted by Crippen LogP contribution is 2.39. The van der Waals surface area contributed by atoms with Gasteiger partial charge in [0, 0.05) is 50.9 Å². The standard InChI is InChI=1S/C21H24ClN3O5S/c1-15(26)25-10-11-30-20-14-21(18(22)13-19(20)25)31(27,28)24-8-6-23(7-9-24)16-4-3-5-17(12-16)29-2/h3-5,12-14H,6-11H2,1-2H3. The molecule has 2 aliphatic rings. The molecule has 2 aliphatic heterocycles. The summed E-state index contributed by atoms with van der Waals surface area (Å²) in [5, 5.41) is 0.0747. The number of ether oxygens (including phenoxy) is 2. The number of anilines is 2. The maximum atomic E-state index is 13.3. The molecule has 1 amide bonds. The lowest BCUT2D eigenvalue weighted by Gasteiger charge is -2.36. The molecule has 0 N–H and O–H groups in total. The van der Waals surface area contributed by atoms with Gasteiger partial charge in [0.25, 0.3) is 0 Å². The van der Waals surface area contributed by atoms with Crippen molar-refractivity contribution in [3.05, 3.63) is 41.4 Å². The number of nitrogens with zero attached hydrogens (tertiary/aromatic N) is 3. The molecule has 0 bridgehead atoms. The number of hydrogen-bond donors (Lipinski definition) is 0. The fourth-order valence-electron chi connectivity index (χ4n) is 3.88. The van der Waals surface area contributed by atoms with E-state index in [1.54, 1.807) is 7.11 Å². The predicted molar refractivity (Wildman–Crippen MR) is 119 cm³/mol. The summed E-state index contributed by atoms with van der Waals surface area (Å²) in [6.45, 7) is 3.90. The van der Waals surface area contributed by atoms with Gasteiger partial charge in [0.2, 0.25) is 15.9 Å². The highest BCUT2D eigenvalue weighted by Gasteiger charge is 2.33. The SMILES string of the molecule is COc1cccc(N2CCN(S(=O)(=O)c3cc4c(cc3Cl)N(C(C)=O)CCO4)CC2)c1. The second kappa shape index (κ2) is 8.57. The number of benzene rings is 2. The third kappa shape index (κ3) is 4.17. The molecule has 1 fully saturated rings. The van der Waals surface area contributed by atoms with Crippen molar-refractivity contribution >= 4 is 38.9 Å². The smallest absolute Gasteiger partial charge is 0.244 e. The fourth-order valence-corrected chi connectivity index (χ4v) is 5.81. The average Bonchev–Trinajstić information content (AvgIpc) is 2.78. The first kappa shape index (κ1) is 21.7. The van der Waals surface area contributed by atoms with Gasteiger partial charge in [-0.3, -0.25) is 4.79 Å². The van der Waals surface area contributed by atoms with E-state index in [0.29, 0.717) is 50.8 Å². The number of rotatable bonds is 4. The van der Waals surface area contributed by atoms with Crippen molar-refractivity contribution in [3.63, 3.8) is 0 Å². The molecule has 31 heavy (non-hydrogen) atoms. The van der Waals surface area contributed by atoms with Crippen LogP contribution in [0.3, 0.4) is 0 Å². The van der Waals surface area contributed by atoms with Gasteiger partial charge in [-0.2, -0.15) is 4.31 Å². The zero-order valence-corrected chi connectivity index (χ0v) is 18.9. The Hall–Kier alpha value is -2.49. The minimum Gasteiger partial charge on any atom is -0.497 e. The molecular formula is C21H24ClN3O5S. The molecule has 0 atom stereocenters. The van der Waals surface area contributed by atoms with Crippen LogP contribution < -0.4 is 19.3 Å². The zero-order valence-electron chi connectivity index (χ0n) is 17.4. The molecule has 4 rings (SSSR count). The van der Waals surface area contributed by atoms with Crippen LogP contribution in [0, 0.1) is 0 Å². The first-order valence-corrected chi connectivity index (χ1v) is 11.8. The van der Waals surface area contributed by atoms with Gasteiger partial charge in [0.1, 0.15) is 23.0 Å². The van der Waals surface area contributed by atoms with E-state index in [2.05, 4.69) is 4.90 Å². The summed E-state index contributed by atoms with van der Waals surface area (Å²) in [4.78, 5) is 15.5. The minimum atomic E-state index is -3.82. The fraction of sp³-hybridized carbons (Fsp3) is 0.381.